The molecule has 0 fully saturated rings. The van der Waals surface area contributed by atoms with Gasteiger partial charge in [-0.15, -0.1) is 0 Å². The second kappa shape index (κ2) is 10.7. The molecular weight excluding hydrogens is 464 g/mol. The largest absolute Gasteiger partial charge is 0.504 e. The summed E-state index contributed by atoms with van der Waals surface area (Å²) in [5.41, 5.74) is 3.81. The molecule has 5 nitrogen and oxygen atoms in total. The molecule has 1 aliphatic rings. The monoisotopic (exact) mass is 492 g/mol. The molecule has 0 aliphatic carbocycles. The maximum Gasteiger partial charge on any atom is 0.305 e. The Morgan fingerprint density at radius 1 is 0.865 bits per heavy atom. The van der Waals surface area contributed by atoms with E-state index in [1.54, 1.807) is 25.3 Å². The molecule has 1 N–H and O–H groups in total. The number of carbonyl (C=O) groups excluding carboxylic acids is 1. The molecule has 4 aromatic rings. The van der Waals surface area contributed by atoms with E-state index in [0.29, 0.717) is 5.75 Å². The highest BCUT2D eigenvalue weighted by molar-refractivity contribution is 6.09. The Kier molecular flexibility index (Phi) is 7.06. The van der Waals surface area contributed by atoms with Crippen LogP contribution in [0.1, 0.15) is 39.0 Å². The minimum absolute atomic E-state index is 0.145. The number of fused-ring (bicyclic) bond motifs is 1. The Morgan fingerprint density at radius 3 is 2.14 bits per heavy atom. The van der Waals surface area contributed by atoms with Crippen LogP contribution < -0.4 is 9.47 Å². The number of methoxy groups -OCH3 is 1. The van der Waals surface area contributed by atoms with Crippen LogP contribution in [-0.4, -0.2) is 24.6 Å². The molecule has 0 unspecified atom stereocenters. The minimum atomic E-state index is -1.27. The van der Waals surface area contributed by atoms with Gasteiger partial charge in [0.2, 0.25) is 5.75 Å². The van der Waals surface area contributed by atoms with Gasteiger partial charge in [0.15, 0.2) is 17.3 Å². The van der Waals surface area contributed by atoms with Crippen LogP contribution in [0.25, 0.3) is 6.08 Å². The van der Waals surface area contributed by atoms with Gasteiger partial charge in [-0.3, -0.25) is 4.79 Å². The highest BCUT2D eigenvalue weighted by Crippen LogP contribution is 2.52. The van der Waals surface area contributed by atoms with Crippen LogP contribution in [-0.2, 0) is 16.9 Å². The summed E-state index contributed by atoms with van der Waals surface area (Å²) >= 11 is 0. The van der Waals surface area contributed by atoms with E-state index < -0.39 is 5.79 Å². The summed E-state index contributed by atoms with van der Waals surface area (Å²) in [4.78, 5) is 13.0. The average molecular weight is 493 g/mol. The second-order valence-corrected chi connectivity index (χ2v) is 8.88. The third kappa shape index (κ3) is 4.99. The lowest BCUT2D eigenvalue weighted by atomic mass is 9.97. The fourth-order valence-corrected chi connectivity index (χ4v) is 4.45. The number of phenolic OH excluding ortho intramolecular Hbond substituents is 1. The van der Waals surface area contributed by atoms with Crippen LogP contribution in [0, 0.1) is 0 Å². The molecule has 37 heavy (non-hydrogen) atoms. The van der Waals surface area contributed by atoms with Crippen molar-refractivity contribution in [2.24, 2.45) is 0 Å². The molecule has 1 heterocycles. The van der Waals surface area contributed by atoms with E-state index in [9.17, 15) is 9.90 Å². The maximum absolute atomic E-state index is 13.0. The lowest BCUT2D eigenvalue weighted by molar-refractivity contribution is -0.0467. The summed E-state index contributed by atoms with van der Waals surface area (Å²) in [7, 11) is 1.70. The summed E-state index contributed by atoms with van der Waals surface area (Å²) in [5, 5.41) is 11.1. The first-order valence-corrected chi connectivity index (χ1v) is 12.3. The van der Waals surface area contributed by atoms with Crippen LogP contribution in [0.4, 0.5) is 0 Å². The molecule has 0 saturated carbocycles. The van der Waals surface area contributed by atoms with Crippen molar-refractivity contribution in [1.29, 1.82) is 0 Å². The van der Waals surface area contributed by atoms with Crippen molar-refractivity contribution in [2.75, 3.05) is 13.7 Å². The van der Waals surface area contributed by atoms with Crippen molar-refractivity contribution in [3.8, 4) is 17.2 Å². The van der Waals surface area contributed by atoms with E-state index in [-0.39, 0.29) is 22.8 Å². The molecule has 0 amide bonds. The van der Waals surface area contributed by atoms with Crippen molar-refractivity contribution in [1.82, 2.24) is 0 Å². The van der Waals surface area contributed by atoms with Crippen molar-refractivity contribution in [3.05, 3.63) is 131 Å². The number of phenols is 1. The molecular formula is C32H28O5. The predicted molar refractivity (Wildman–Crippen MR) is 143 cm³/mol. The smallest absolute Gasteiger partial charge is 0.305 e. The van der Waals surface area contributed by atoms with Gasteiger partial charge in [0.1, 0.15) is 0 Å². The Hall–Kier alpha value is -4.35. The zero-order valence-corrected chi connectivity index (χ0v) is 20.6. The van der Waals surface area contributed by atoms with Crippen LogP contribution in [0.3, 0.4) is 0 Å². The first kappa shape index (κ1) is 24.3. The van der Waals surface area contributed by atoms with E-state index >= 15 is 0 Å². The van der Waals surface area contributed by atoms with Gasteiger partial charge in [0.25, 0.3) is 0 Å². The van der Waals surface area contributed by atoms with E-state index in [4.69, 9.17) is 14.2 Å². The zero-order valence-electron chi connectivity index (χ0n) is 20.6. The number of carbonyl (C=O) groups is 1. The lowest BCUT2D eigenvalue weighted by Crippen LogP contribution is -2.36. The Morgan fingerprint density at radius 2 is 1.51 bits per heavy atom. The molecule has 4 aromatic carbocycles. The van der Waals surface area contributed by atoms with E-state index in [1.807, 2.05) is 84.9 Å². The highest BCUT2D eigenvalue weighted by atomic mass is 16.7. The van der Waals surface area contributed by atoms with Gasteiger partial charge in [-0.05, 0) is 42.2 Å². The molecule has 5 rings (SSSR count). The van der Waals surface area contributed by atoms with Gasteiger partial charge >= 0.3 is 5.79 Å². The Labute approximate surface area is 216 Å². The quantitative estimate of drug-likeness (QED) is 0.163. The Balaban J connectivity index is 1.39. The summed E-state index contributed by atoms with van der Waals surface area (Å²) in [6.45, 7) is 0.729. The standard InChI is InChI=1S/C32H28O5/c1-35-22-8-9-23-14-16-24(17-15-23)18-20-28(33)27-19-21-29-31(30(27)34)37-32(36-29,25-10-4-2-5-11-25)26-12-6-3-7-13-26/h2-7,10-21,34H,8-9,22H2,1H3/b20-18+. The molecule has 0 radical (unpaired) electrons. The van der Waals surface area contributed by atoms with Gasteiger partial charge in [-0.1, -0.05) is 91.0 Å². The number of allylic oxidation sites excluding steroid dienone is 1. The van der Waals surface area contributed by atoms with E-state index in [0.717, 1.165) is 36.1 Å². The molecule has 0 saturated heterocycles. The predicted octanol–water partition coefficient (Wildman–Crippen LogP) is 6.54. The van der Waals surface area contributed by atoms with Gasteiger partial charge in [0, 0.05) is 24.8 Å². The number of rotatable bonds is 9. The normalized spacial score (nSPS) is 13.6. The first-order valence-electron chi connectivity index (χ1n) is 12.3. The van der Waals surface area contributed by atoms with Crippen LogP contribution in [0.2, 0.25) is 0 Å². The lowest BCUT2D eigenvalue weighted by Gasteiger charge is -2.28. The number of hydrogen-bond acceptors (Lipinski definition) is 5. The first-order chi connectivity index (χ1) is 18.1. The third-order valence-corrected chi connectivity index (χ3v) is 6.39. The zero-order chi connectivity index (χ0) is 25.7. The number of aromatic hydroxyl groups is 1. The molecule has 1 aliphatic heterocycles. The van der Waals surface area contributed by atoms with E-state index in [2.05, 4.69) is 0 Å². The summed E-state index contributed by atoms with van der Waals surface area (Å²) < 4.78 is 17.8. The van der Waals surface area contributed by atoms with E-state index in [1.165, 1.54) is 11.6 Å². The molecule has 5 heteroatoms. The summed E-state index contributed by atoms with van der Waals surface area (Å²) in [6.07, 6.45) is 5.10. The number of benzene rings is 4. The molecule has 0 spiro atoms. The number of ether oxygens (including phenoxy) is 3. The van der Waals surface area contributed by atoms with Crippen LogP contribution in [0.15, 0.2) is 103 Å². The number of aryl methyl sites for hydroxylation is 1. The van der Waals surface area contributed by atoms with Gasteiger partial charge in [0.05, 0.1) is 5.56 Å². The van der Waals surface area contributed by atoms with Crippen molar-refractivity contribution in [3.63, 3.8) is 0 Å². The topological polar surface area (TPSA) is 65.0 Å². The maximum atomic E-state index is 13.0. The van der Waals surface area contributed by atoms with Crippen LogP contribution >= 0.6 is 0 Å². The van der Waals surface area contributed by atoms with Gasteiger partial charge in [-0.2, -0.15) is 0 Å². The van der Waals surface area contributed by atoms with Crippen molar-refractivity contribution < 1.29 is 24.1 Å². The minimum Gasteiger partial charge on any atom is -0.504 e. The highest BCUT2D eigenvalue weighted by Gasteiger charge is 2.47. The molecule has 186 valence electrons. The van der Waals surface area contributed by atoms with Crippen molar-refractivity contribution >= 4 is 11.9 Å². The number of ketones is 1. The molecule has 0 aromatic heterocycles. The van der Waals surface area contributed by atoms with Gasteiger partial charge < -0.3 is 19.3 Å². The number of hydrogen-bond donors (Lipinski definition) is 1. The summed E-state index contributed by atoms with van der Waals surface area (Å²) in [5.74, 6) is -1.33. The fraction of sp³-hybridized carbons (Fsp3) is 0.156. The molecule has 0 atom stereocenters. The summed E-state index contributed by atoms with van der Waals surface area (Å²) in [6, 6.07) is 30.4. The fourth-order valence-electron chi connectivity index (χ4n) is 4.45. The SMILES string of the molecule is COCCCc1ccc(/C=C/C(=O)c2ccc3c(c2O)OC(c2ccccc2)(c2ccccc2)O3)cc1. The van der Waals surface area contributed by atoms with Crippen molar-refractivity contribution in [2.45, 2.75) is 18.6 Å². The van der Waals surface area contributed by atoms with Gasteiger partial charge in [-0.25, -0.2) is 0 Å². The Bertz CT molecular complexity index is 1350. The van der Waals surface area contributed by atoms with Crippen LogP contribution in [0.5, 0.6) is 17.2 Å². The molecule has 0 bridgehead atoms. The second-order valence-electron chi connectivity index (χ2n) is 8.88. The average Bonchev–Trinajstić information content (AvgIpc) is 3.36. The third-order valence-electron chi connectivity index (χ3n) is 6.39.